The van der Waals surface area contributed by atoms with E-state index < -0.39 is 0 Å². The number of carbonyl (C=O) groups is 1. The van der Waals surface area contributed by atoms with Gasteiger partial charge in [-0.1, -0.05) is 26.8 Å². The summed E-state index contributed by atoms with van der Waals surface area (Å²) in [7, 11) is 0. The van der Waals surface area contributed by atoms with Gasteiger partial charge in [0.15, 0.2) is 0 Å². The lowest BCUT2D eigenvalue weighted by molar-refractivity contribution is -0.140. The second kappa shape index (κ2) is 3.66. The molecular weight excluding hydrogens is 188 g/mol. The van der Waals surface area contributed by atoms with E-state index in [1.165, 1.54) is 0 Å². The maximum atomic E-state index is 11.4. The molecule has 2 aliphatic rings. The van der Waals surface area contributed by atoms with Crippen LogP contribution in [-0.2, 0) is 9.53 Å². The average molecular weight is 208 g/mol. The molecule has 0 spiro atoms. The van der Waals surface area contributed by atoms with E-state index in [1.54, 1.807) is 0 Å². The zero-order valence-corrected chi connectivity index (χ0v) is 9.82. The summed E-state index contributed by atoms with van der Waals surface area (Å²) in [5.74, 6) is 1.19. The highest BCUT2D eigenvalue weighted by Crippen LogP contribution is 2.49. The van der Waals surface area contributed by atoms with Crippen LogP contribution >= 0.6 is 0 Å². The molecule has 2 rings (SSSR count). The van der Waals surface area contributed by atoms with Gasteiger partial charge >= 0.3 is 5.97 Å². The molecule has 0 aromatic heterocycles. The van der Waals surface area contributed by atoms with Crippen LogP contribution in [-0.4, -0.2) is 12.1 Å². The second-order valence-electron chi connectivity index (χ2n) is 5.61. The molecule has 1 saturated heterocycles. The van der Waals surface area contributed by atoms with Crippen molar-refractivity contribution < 1.29 is 9.53 Å². The van der Waals surface area contributed by atoms with Crippen LogP contribution in [0.4, 0.5) is 0 Å². The van der Waals surface area contributed by atoms with E-state index in [0.29, 0.717) is 18.3 Å². The van der Waals surface area contributed by atoms with Gasteiger partial charge in [-0.25, -0.2) is 0 Å². The van der Waals surface area contributed by atoms with Gasteiger partial charge in [0, 0.05) is 5.41 Å². The first-order valence-electron chi connectivity index (χ1n) is 5.90. The van der Waals surface area contributed by atoms with Gasteiger partial charge in [-0.2, -0.15) is 0 Å². The van der Waals surface area contributed by atoms with Crippen molar-refractivity contribution in [3.05, 3.63) is 12.2 Å². The lowest BCUT2D eigenvalue weighted by Crippen LogP contribution is -2.35. The number of ether oxygens (including phenoxy) is 1. The predicted molar refractivity (Wildman–Crippen MR) is 59.3 cm³/mol. The highest BCUT2D eigenvalue weighted by molar-refractivity contribution is 5.73. The first-order chi connectivity index (χ1) is 7.02. The molecule has 3 atom stereocenters. The van der Waals surface area contributed by atoms with Crippen molar-refractivity contribution in [2.24, 2.45) is 17.3 Å². The normalized spacial score (nSPS) is 39.3. The van der Waals surface area contributed by atoms with E-state index in [9.17, 15) is 4.79 Å². The number of fused-ring (bicyclic) bond motifs is 1. The molecule has 1 aliphatic carbocycles. The Morgan fingerprint density at radius 2 is 2.27 bits per heavy atom. The second-order valence-corrected chi connectivity index (χ2v) is 5.61. The Morgan fingerprint density at radius 3 is 2.93 bits per heavy atom. The molecule has 0 aromatic carbocycles. The van der Waals surface area contributed by atoms with Crippen LogP contribution in [0.3, 0.4) is 0 Å². The van der Waals surface area contributed by atoms with Crippen LogP contribution in [0.25, 0.3) is 0 Å². The highest BCUT2D eigenvalue weighted by Gasteiger charge is 2.49. The van der Waals surface area contributed by atoms with Gasteiger partial charge in [-0.05, 0) is 30.8 Å². The van der Waals surface area contributed by atoms with E-state index in [0.717, 1.165) is 12.8 Å². The lowest BCUT2D eigenvalue weighted by Gasteiger charge is -2.37. The summed E-state index contributed by atoms with van der Waals surface area (Å²) >= 11 is 0. The van der Waals surface area contributed by atoms with E-state index in [-0.39, 0.29) is 17.5 Å². The third-order valence-electron chi connectivity index (χ3n) is 3.52. The van der Waals surface area contributed by atoms with Gasteiger partial charge in [0.05, 0.1) is 6.42 Å². The maximum absolute atomic E-state index is 11.4. The molecule has 1 fully saturated rings. The number of hydrogen-bond acceptors (Lipinski definition) is 2. The quantitative estimate of drug-likeness (QED) is 0.515. The Morgan fingerprint density at radius 1 is 1.53 bits per heavy atom. The predicted octanol–water partition coefficient (Wildman–Crippen LogP) is 2.93. The van der Waals surface area contributed by atoms with Gasteiger partial charge in [0.2, 0.25) is 0 Å². The number of allylic oxidation sites excluding steroid dienone is 1. The van der Waals surface area contributed by atoms with E-state index in [1.807, 2.05) is 0 Å². The largest absolute Gasteiger partial charge is 0.457 e. The van der Waals surface area contributed by atoms with Crippen molar-refractivity contribution in [2.75, 3.05) is 0 Å². The summed E-state index contributed by atoms with van der Waals surface area (Å²) in [4.78, 5) is 11.4. The van der Waals surface area contributed by atoms with Gasteiger partial charge < -0.3 is 4.74 Å². The maximum Gasteiger partial charge on any atom is 0.307 e. The van der Waals surface area contributed by atoms with Crippen LogP contribution in [0.1, 0.15) is 40.0 Å². The third kappa shape index (κ3) is 1.95. The number of esters is 1. The highest BCUT2D eigenvalue weighted by atomic mass is 16.6. The van der Waals surface area contributed by atoms with Crippen LogP contribution in [0, 0.1) is 17.3 Å². The Balaban J connectivity index is 2.24. The molecule has 0 amide bonds. The van der Waals surface area contributed by atoms with Crippen LogP contribution in [0.5, 0.6) is 0 Å². The Kier molecular flexibility index (Phi) is 2.61. The van der Waals surface area contributed by atoms with Crippen molar-refractivity contribution in [2.45, 2.75) is 46.1 Å². The van der Waals surface area contributed by atoms with Crippen molar-refractivity contribution in [1.29, 1.82) is 0 Å². The van der Waals surface area contributed by atoms with Crippen molar-refractivity contribution in [3.8, 4) is 0 Å². The fourth-order valence-corrected chi connectivity index (χ4v) is 3.21. The molecule has 84 valence electrons. The lowest BCUT2D eigenvalue weighted by atomic mass is 9.67. The number of hydrogen-bond donors (Lipinski definition) is 0. The molecule has 0 aromatic rings. The smallest absolute Gasteiger partial charge is 0.307 e. The van der Waals surface area contributed by atoms with E-state index in [4.69, 9.17) is 4.74 Å². The van der Waals surface area contributed by atoms with Crippen LogP contribution in [0.2, 0.25) is 0 Å². The van der Waals surface area contributed by atoms with Gasteiger partial charge in [-0.15, -0.1) is 0 Å². The van der Waals surface area contributed by atoms with Gasteiger partial charge in [0.1, 0.15) is 6.10 Å². The Hall–Kier alpha value is -0.790. The molecule has 0 saturated carbocycles. The molecule has 15 heavy (non-hydrogen) atoms. The molecule has 1 aliphatic heterocycles. The molecule has 2 heteroatoms. The fourth-order valence-electron chi connectivity index (χ4n) is 3.21. The van der Waals surface area contributed by atoms with Gasteiger partial charge in [0.25, 0.3) is 0 Å². The monoisotopic (exact) mass is 208 g/mol. The molecule has 1 heterocycles. The SMILES string of the molecule is CC(C)C[C@]12CC(=O)O[C@H]1C=C[C@H](C)C2. The zero-order chi connectivity index (χ0) is 11.1. The van der Waals surface area contributed by atoms with Crippen LogP contribution in [0.15, 0.2) is 12.2 Å². The molecule has 2 nitrogen and oxygen atoms in total. The average Bonchev–Trinajstić information content (AvgIpc) is 2.38. The molecule has 0 unspecified atom stereocenters. The molecule has 0 N–H and O–H groups in total. The minimum atomic E-state index is -0.0144. The van der Waals surface area contributed by atoms with E-state index >= 15 is 0 Å². The first-order valence-corrected chi connectivity index (χ1v) is 5.90. The fraction of sp³-hybridized carbons (Fsp3) is 0.769. The Labute approximate surface area is 91.7 Å². The summed E-state index contributed by atoms with van der Waals surface area (Å²) < 4.78 is 5.39. The standard InChI is InChI=1S/C13H20O2/c1-9(2)6-13-7-10(3)4-5-11(13)15-12(14)8-13/h4-5,9-11H,6-8H2,1-3H3/t10-,11-,13-/m0/s1. The molecule has 0 bridgehead atoms. The van der Waals surface area contributed by atoms with E-state index in [2.05, 4.69) is 32.9 Å². The molecule has 0 radical (unpaired) electrons. The van der Waals surface area contributed by atoms with Crippen molar-refractivity contribution in [3.63, 3.8) is 0 Å². The number of rotatable bonds is 2. The summed E-state index contributed by atoms with van der Waals surface area (Å²) in [6, 6.07) is 0. The Bertz CT molecular complexity index is 293. The summed E-state index contributed by atoms with van der Waals surface area (Å²) in [5.41, 5.74) is 0.0966. The zero-order valence-electron chi connectivity index (χ0n) is 9.82. The van der Waals surface area contributed by atoms with Crippen molar-refractivity contribution in [1.82, 2.24) is 0 Å². The minimum Gasteiger partial charge on any atom is -0.457 e. The first kappa shape index (κ1) is 10.7. The van der Waals surface area contributed by atoms with Gasteiger partial charge in [-0.3, -0.25) is 4.79 Å². The minimum absolute atomic E-state index is 0.0144. The summed E-state index contributed by atoms with van der Waals surface area (Å²) in [6.07, 6.45) is 7.13. The van der Waals surface area contributed by atoms with Crippen molar-refractivity contribution >= 4 is 5.97 Å². The molecular formula is C13H20O2. The summed E-state index contributed by atoms with van der Waals surface area (Å²) in [5, 5.41) is 0. The topological polar surface area (TPSA) is 26.3 Å². The van der Waals surface area contributed by atoms with Crippen LogP contribution < -0.4 is 0 Å². The number of carbonyl (C=O) groups excluding carboxylic acids is 1. The third-order valence-corrected chi connectivity index (χ3v) is 3.52. The summed E-state index contributed by atoms with van der Waals surface area (Å²) in [6.45, 7) is 6.66.